The smallest absolute Gasteiger partial charge is 0.416 e. The van der Waals surface area contributed by atoms with Crippen molar-refractivity contribution < 1.29 is 29.0 Å². The Morgan fingerprint density at radius 2 is 1.64 bits per heavy atom. The first-order chi connectivity index (χ1) is 19.9. The van der Waals surface area contributed by atoms with Crippen LogP contribution in [0, 0.1) is 0 Å². The van der Waals surface area contributed by atoms with Crippen molar-refractivity contribution in [1.29, 1.82) is 0 Å². The highest BCUT2D eigenvalue weighted by molar-refractivity contribution is 6.39. The normalized spacial score (nSPS) is 17.1. The average Bonchev–Trinajstić information content (AvgIpc) is 2.89. The molecule has 0 saturated heterocycles. The predicted octanol–water partition coefficient (Wildman–Crippen LogP) is 6.30. The van der Waals surface area contributed by atoms with Gasteiger partial charge in [0, 0.05) is 18.7 Å². The second kappa shape index (κ2) is 13.5. The summed E-state index contributed by atoms with van der Waals surface area (Å²) in [5.74, 6) is -1.30. The summed E-state index contributed by atoms with van der Waals surface area (Å²) in [5, 5.41) is 12.5. The fraction of sp³-hybridized carbons (Fsp3) is 0.355. The Hall–Kier alpha value is -3.66. The Morgan fingerprint density at radius 1 is 1.00 bits per heavy atom. The zero-order chi connectivity index (χ0) is 30.4. The average molecular weight is 615 g/mol. The number of aromatic nitrogens is 1. The van der Waals surface area contributed by atoms with E-state index in [2.05, 4.69) is 10.3 Å². The van der Waals surface area contributed by atoms with Crippen LogP contribution in [0.15, 0.2) is 66.9 Å². The van der Waals surface area contributed by atoms with E-state index in [0.717, 1.165) is 11.1 Å². The molecule has 1 heterocycles. The van der Waals surface area contributed by atoms with E-state index in [4.69, 9.17) is 32.7 Å². The first kappa shape index (κ1) is 31.3. The number of pyridine rings is 1. The van der Waals surface area contributed by atoms with Gasteiger partial charge in [0.15, 0.2) is 0 Å². The monoisotopic (exact) mass is 613 g/mol. The topological polar surface area (TPSA) is 118 Å². The SMILES string of the molecule is CC(C)(C)OC(=O)N(c1ccccn1)[C@H]1C[C@@H](OCc2ccc(C[C@H](NC(=O)c3c(Cl)cccc3Cl)C(=O)O)cc2)C1. The van der Waals surface area contributed by atoms with Crippen LogP contribution in [0.3, 0.4) is 0 Å². The predicted molar refractivity (Wildman–Crippen MR) is 160 cm³/mol. The van der Waals surface area contributed by atoms with Gasteiger partial charge in [-0.25, -0.2) is 14.6 Å². The Balaban J connectivity index is 1.30. The molecule has 0 spiro atoms. The number of anilines is 1. The molecule has 2 N–H and O–H groups in total. The molecule has 1 atom stereocenters. The maximum Gasteiger partial charge on any atom is 0.416 e. The molecule has 1 aromatic heterocycles. The maximum absolute atomic E-state index is 12.9. The molecule has 11 heteroatoms. The molecule has 42 heavy (non-hydrogen) atoms. The molecular formula is C31H33Cl2N3O6. The molecule has 3 aromatic rings. The van der Waals surface area contributed by atoms with Crippen LogP contribution in [-0.2, 0) is 27.3 Å². The van der Waals surface area contributed by atoms with Crippen LogP contribution >= 0.6 is 23.2 Å². The van der Waals surface area contributed by atoms with Gasteiger partial charge in [-0.15, -0.1) is 0 Å². The quantitative estimate of drug-likeness (QED) is 0.275. The van der Waals surface area contributed by atoms with Gasteiger partial charge in [-0.2, -0.15) is 0 Å². The maximum atomic E-state index is 12.9. The molecule has 0 radical (unpaired) electrons. The molecule has 2 amide bonds. The second-order valence-electron chi connectivity index (χ2n) is 11.1. The lowest BCUT2D eigenvalue weighted by molar-refractivity contribution is -0.139. The molecular weight excluding hydrogens is 581 g/mol. The highest BCUT2D eigenvalue weighted by Crippen LogP contribution is 2.33. The van der Waals surface area contributed by atoms with Gasteiger partial charge in [0.1, 0.15) is 17.5 Å². The van der Waals surface area contributed by atoms with Gasteiger partial charge in [-0.05, 0) is 69.0 Å². The summed E-state index contributed by atoms with van der Waals surface area (Å²) in [6.45, 7) is 5.84. The van der Waals surface area contributed by atoms with Gasteiger partial charge < -0.3 is 19.9 Å². The highest BCUT2D eigenvalue weighted by atomic mass is 35.5. The lowest BCUT2D eigenvalue weighted by Crippen LogP contribution is -2.52. The van der Waals surface area contributed by atoms with Crippen molar-refractivity contribution in [2.45, 2.75) is 70.4 Å². The van der Waals surface area contributed by atoms with Gasteiger partial charge in [0.05, 0.1) is 28.3 Å². The third-order valence-corrected chi connectivity index (χ3v) is 7.29. The number of rotatable bonds is 10. The number of ether oxygens (including phenoxy) is 2. The minimum absolute atomic E-state index is 0.0343. The number of amides is 2. The number of aliphatic carboxylic acids is 1. The summed E-state index contributed by atoms with van der Waals surface area (Å²) in [7, 11) is 0. The molecule has 9 nitrogen and oxygen atoms in total. The van der Waals surface area contributed by atoms with Crippen LogP contribution in [0.25, 0.3) is 0 Å². The molecule has 0 unspecified atom stereocenters. The molecule has 4 rings (SSSR count). The fourth-order valence-electron chi connectivity index (χ4n) is 4.49. The van der Waals surface area contributed by atoms with Gasteiger partial charge in [0.25, 0.3) is 5.91 Å². The Labute approximate surface area is 254 Å². The minimum Gasteiger partial charge on any atom is -0.480 e. The largest absolute Gasteiger partial charge is 0.480 e. The molecule has 0 aliphatic heterocycles. The molecule has 222 valence electrons. The van der Waals surface area contributed by atoms with E-state index in [0.29, 0.717) is 25.3 Å². The van der Waals surface area contributed by atoms with Crippen LogP contribution in [-0.4, -0.2) is 51.8 Å². The molecule has 1 saturated carbocycles. The Morgan fingerprint density at radius 3 is 2.21 bits per heavy atom. The fourth-order valence-corrected chi connectivity index (χ4v) is 5.06. The second-order valence-corrected chi connectivity index (χ2v) is 11.9. The van der Waals surface area contributed by atoms with Crippen molar-refractivity contribution in [3.05, 3.63) is 93.6 Å². The van der Waals surface area contributed by atoms with Crippen molar-refractivity contribution in [1.82, 2.24) is 10.3 Å². The first-order valence-electron chi connectivity index (χ1n) is 13.5. The van der Waals surface area contributed by atoms with Crippen molar-refractivity contribution in [3.8, 4) is 0 Å². The molecule has 0 bridgehead atoms. The summed E-state index contributed by atoms with van der Waals surface area (Å²) in [6, 6.07) is 16.1. The summed E-state index contributed by atoms with van der Waals surface area (Å²) < 4.78 is 11.7. The first-order valence-corrected chi connectivity index (χ1v) is 14.3. The number of carbonyl (C=O) groups excluding carboxylic acids is 2. The number of nitrogens with one attached hydrogen (secondary N) is 1. The molecule has 1 aliphatic carbocycles. The summed E-state index contributed by atoms with van der Waals surface area (Å²) in [4.78, 5) is 43.4. The van der Waals surface area contributed by atoms with E-state index in [1.165, 1.54) is 12.1 Å². The van der Waals surface area contributed by atoms with Crippen molar-refractivity contribution in [2.75, 3.05) is 4.90 Å². The highest BCUT2D eigenvalue weighted by Gasteiger charge is 2.40. The lowest BCUT2D eigenvalue weighted by Gasteiger charge is -2.42. The number of carbonyl (C=O) groups is 3. The number of carboxylic acids is 1. The van der Waals surface area contributed by atoms with Crippen molar-refractivity contribution >= 4 is 47.0 Å². The van der Waals surface area contributed by atoms with Crippen LogP contribution in [0.2, 0.25) is 10.0 Å². The minimum atomic E-state index is -1.18. The lowest BCUT2D eigenvalue weighted by atomic mass is 9.88. The van der Waals surface area contributed by atoms with Crippen LogP contribution < -0.4 is 10.2 Å². The standard InChI is InChI=1S/C31H33Cl2N3O6/c1-31(2,3)42-30(40)36(26-9-4-5-14-34-26)21-16-22(17-21)41-18-20-12-10-19(11-13-20)15-25(29(38)39)35-28(37)27-23(32)7-6-8-24(27)33/h4-14,21-22,25H,15-18H2,1-3H3,(H,35,37)(H,38,39)/t21-,22+,25-/m0/s1. The molecule has 2 aromatic carbocycles. The van der Waals surface area contributed by atoms with Gasteiger partial charge in [-0.3, -0.25) is 9.69 Å². The Bertz CT molecular complexity index is 1390. The number of hydrogen-bond donors (Lipinski definition) is 2. The van der Waals surface area contributed by atoms with Crippen LogP contribution in [0.5, 0.6) is 0 Å². The van der Waals surface area contributed by atoms with Gasteiger partial charge >= 0.3 is 12.1 Å². The molecule has 1 fully saturated rings. The van der Waals surface area contributed by atoms with E-state index >= 15 is 0 Å². The van der Waals surface area contributed by atoms with E-state index in [1.807, 2.05) is 39.0 Å². The van der Waals surface area contributed by atoms with E-state index < -0.39 is 29.6 Å². The summed E-state index contributed by atoms with van der Waals surface area (Å²) >= 11 is 12.2. The zero-order valence-corrected chi connectivity index (χ0v) is 25.1. The van der Waals surface area contributed by atoms with E-state index in [1.54, 1.807) is 41.4 Å². The number of halogens is 2. The van der Waals surface area contributed by atoms with Gasteiger partial charge in [0.2, 0.25) is 0 Å². The van der Waals surface area contributed by atoms with Crippen LogP contribution in [0.1, 0.15) is 55.1 Å². The van der Waals surface area contributed by atoms with Crippen LogP contribution in [0.4, 0.5) is 10.6 Å². The summed E-state index contributed by atoms with van der Waals surface area (Å²) in [6.07, 6.45) is 2.52. The van der Waals surface area contributed by atoms with Crippen molar-refractivity contribution in [2.24, 2.45) is 0 Å². The number of nitrogens with zero attached hydrogens (tertiary/aromatic N) is 2. The number of benzene rings is 2. The van der Waals surface area contributed by atoms with E-state index in [9.17, 15) is 19.5 Å². The number of hydrogen-bond acceptors (Lipinski definition) is 6. The Kier molecular flexibility index (Phi) is 10.1. The third-order valence-electron chi connectivity index (χ3n) is 6.66. The third kappa shape index (κ3) is 8.21. The molecule has 1 aliphatic rings. The number of carboxylic acid groups (broad SMARTS) is 1. The zero-order valence-electron chi connectivity index (χ0n) is 23.6. The summed E-state index contributed by atoms with van der Waals surface area (Å²) in [5.41, 5.74) is 1.04. The van der Waals surface area contributed by atoms with Gasteiger partial charge in [-0.1, -0.05) is 59.6 Å². The van der Waals surface area contributed by atoms with Crippen molar-refractivity contribution in [3.63, 3.8) is 0 Å². The van der Waals surface area contributed by atoms with E-state index in [-0.39, 0.29) is 34.2 Å².